The number of aromatic carboxylic acids is 1. The highest BCUT2D eigenvalue weighted by atomic mass is 32.2. The molecule has 0 aromatic heterocycles. The lowest BCUT2D eigenvalue weighted by molar-refractivity contribution is 0.0697. The first kappa shape index (κ1) is 19.4. The average Bonchev–Trinajstić information content (AvgIpc) is 2.46. The van der Waals surface area contributed by atoms with Gasteiger partial charge in [-0.15, -0.1) is 0 Å². The number of hydrogen-bond donors (Lipinski definition) is 3. The Balaban J connectivity index is 3.15. The Morgan fingerprint density at radius 2 is 1.96 bits per heavy atom. The topological polar surface area (TPSA) is 105 Å². The zero-order chi connectivity index (χ0) is 17.6. The fourth-order valence-corrected chi connectivity index (χ4v) is 3.32. The summed E-state index contributed by atoms with van der Waals surface area (Å²) < 4.78 is 32.0. The molecule has 0 spiro atoms. The third-order valence-electron chi connectivity index (χ3n) is 3.32. The zero-order valence-corrected chi connectivity index (χ0v) is 14.6. The summed E-state index contributed by atoms with van der Waals surface area (Å²) in [5, 5.41) is 12.3. The Morgan fingerprint density at radius 3 is 2.48 bits per heavy atom. The molecule has 8 heteroatoms. The highest BCUT2D eigenvalue weighted by Crippen LogP contribution is 2.22. The predicted octanol–water partition coefficient (Wildman–Crippen LogP) is 1.91. The summed E-state index contributed by atoms with van der Waals surface area (Å²) in [7, 11) is -2.20. The van der Waals surface area contributed by atoms with Crippen LogP contribution in [0, 0.1) is 0 Å². The van der Waals surface area contributed by atoms with Gasteiger partial charge in [0.05, 0.1) is 17.1 Å². The Bertz CT molecular complexity index is 645. The summed E-state index contributed by atoms with van der Waals surface area (Å²) in [4.78, 5) is 11.4. The molecule has 0 aliphatic carbocycles. The monoisotopic (exact) mass is 344 g/mol. The second-order valence-corrected chi connectivity index (χ2v) is 7.16. The largest absolute Gasteiger partial charge is 0.478 e. The molecule has 23 heavy (non-hydrogen) atoms. The SMILES string of the molecule is CC[C@@H](C)NS(=O)(=O)c1ccc(N[C@H](C)COC)c(C(=O)O)c1. The van der Waals surface area contributed by atoms with Crippen LogP contribution < -0.4 is 10.0 Å². The van der Waals surface area contributed by atoms with Crippen LogP contribution in [0.2, 0.25) is 0 Å². The van der Waals surface area contributed by atoms with E-state index in [-0.39, 0.29) is 22.5 Å². The molecule has 0 unspecified atom stereocenters. The number of anilines is 1. The maximum absolute atomic E-state index is 12.3. The van der Waals surface area contributed by atoms with Gasteiger partial charge in [-0.05, 0) is 38.5 Å². The van der Waals surface area contributed by atoms with Gasteiger partial charge < -0.3 is 15.2 Å². The second kappa shape index (κ2) is 8.28. The molecule has 0 aliphatic rings. The third-order valence-corrected chi connectivity index (χ3v) is 4.91. The van der Waals surface area contributed by atoms with Crippen molar-refractivity contribution in [2.45, 2.75) is 44.2 Å². The van der Waals surface area contributed by atoms with Crippen LogP contribution in [0.15, 0.2) is 23.1 Å². The number of carboxylic acids is 1. The number of carboxylic acid groups (broad SMARTS) is 1. The average molecular weight is 344 g/mol. The van der Waals surface area contributed by atoms with E-state index in [1.807, 2.05) is 13.8 Å². The maximum atomic E-state index is 12.3. The van der Waals surface area contributed by atoms with Crippen LogP contribution in [0.1, 0.15) is 37.6 Å². The van der Waals surface area contributed by atoms with E-state index in [0.29, 0.717) is 18.7 Å². The predicted molar refractivity (Wildman–Crippen MR) is 88.4 cm³/mol. The molecule has 0 radical (unpaired) electrons. The molecule has 0 amide bonds. The minimum absolute atomic E-state index is 0.0693. The highest BCUT2D eigenvalue weighted by Gasteiger charge is 2.21. The van der Waals surface area contributed by atoms with Crippen LogP contribution in [-0.4, -0.2) is 45.3 Å². The number of sulfonamides is 1. The summed E-state index contributed by atoms with van der Waals surface area (Å²) in [5.74, 6) is -1.20. The lowest BCUT2D eigenvalue weighted by Gasteiger charge is -2.17. The standard InChI is InChI=1S/C15H24N2O5S/c1-5-10(2)17-23(20,21)12-6-7-14(13(8-12)15(18)19)16-11(3)9-22-4/h6-8,10-11,16-17H,5,9H2,1-4H3,(H,18,19)/t10-,11-/m1/s1. The Labute approximate surface area is 137 Å². The fourth-order valence-electron chi connectivity index (χ4n) is 1.97. The smallest absolute Gasteiger partial charge is 0.337 e. The van der Waals surface area contributed by atoms with Crippen LogP contribution >= 0.6 is 0 Å². The number of carbonyl (C=O) groups is 1. The number of rotatable bonds is 9. The first-order valence-electron chi connectivity index (χ1n) is 7.36. The number of nitrogens with one attached hydrogen (secondary N) is 2. The molecule has 0 bridgehead atoms. The molecule has 2 atom stereocenters. The van der Waals surface area contributed by atoms with Gasteiger partial charge in [0, 0.05) is 24.9 Å². The number of hydrogen-bond acceptors (Lipinski definition) is 5. The zero-order valence-electron chi connectivity index (χ0n) is 13.8. The third kappa shape index (κ3) is 5.49. The molecule has 0 saturated carbocycles. The van der Waals surface area contributed by atoms with Crippen LogP contribution in [0.5, 0.6) is 0 Å². The van der Waals surface area contributed by atoms with Gasteiger partial charge in [0.1, 0.15) is 0 Å². The van der Waals surface area contributed by atoms with Crippen LogP contribution in [0.3, 0.4) is 0 Å². The molecule has 0 saturated heterocycles. The van der Waals surface area contributed by atoms with Crippen molar-refractivity contribution in [1.29, 1.82) is 0 Å². The maximum Gasteiger partial charge on any atom is 0.337 e. The lowest BCUT2D eigenvalue weighted by atomic mass is 10.1. The molecule has 1 aromatic rings. The first-order valence-corrected chi connectivity index (χ1v) is 8.84. The van der Waals surface area contributed by atoms with Crippen molar-refractivity contribution >= 4 is 21.7 Å². The van der Waals surface area contributed by atoms with Gasteiger partial charge >= 0.3 is 5.97 Å². The summed E-state index contributed by atoms with van der Waals surface area (Å²) >= 11 is 0. The number of benzene rings is 1. The minimum atomic E-state index is -3.75. The van der Waals surface area contributed by atoms with Crippen molar-refractivity contribution in [3.05, 3.63) is 23.8 Å². The molecular weight excluding hydrogens is 320 g/mol. The Hall–Kier alpha value is -1.64. The van der Waals surface area contributed by atoms with E-state index in [1.54, 1.807) is 14.0 Å². The van der Waals surface area contributed by atoms with E-state index >= 15 is 0 Å². The van der Waals surface area contributed by atoms with Gasteiger partial charge in [0.15, 0.2) is 0 Å². The molecule has 1 rings (SSSR count). The first-order chi connectivity index (χ1) is 10.7. The summed E-state index contributed by atoms with van der Waals surface area (Å²) in [6.07, 6.45) is 0.638. The summed E-state index contributed by atoms with van der Waals surface area (Å²) in [6, 6.07) is 3.67. The van der Waals surface area contributed by atoms with Crippen molar-refractivity contribution in [3.63, 3.8) is 0 Å². The van der Waals surface area contributed by atoms with Crippen LogP contribution in [0.25, 0.3) is 0 Å². The van der Waals surface area contributed by atoms with Gasteiger partial charge in [-0.2, -0.15) is 0 Å². The van der Waals surface area contributed by atoms with E-state index in [9.17, 15) is 18.3 Å². The van der Waals surface area contributed by atoms with Crippen molar-refractivity contribution in [3.8, 4) is 0 Å². The number of ether oxygens (including phenoxy) is 1. The lowest BCUT2D eigenvalue weighted by Crippen LogP contribution is -2.32. The summed E-state index contributed by atoms with van der Waals surface area (Å²) in [5.41, 5.74) is 0.254. The normalized spacial score (nSPS) is 14.3. The summed E-state index contributed by atoms with van der Waals surface area (Å²) in [6.45, 7) is 5.84. The van der Waals surface area contributed by atoms with E-state index in [2.05, 4.69) is 10.0 Å². The quantitative estimate of drug-likeness (QED) is 0.632. The van der Waals surface area contributed by atoms with Gasteiger partial charge in [-0.25, -0.2) is 17.9 Å². The molecule has 130 valence electrons. The molecule has 3 N–H and O–H groups in total. The minimum Gasteiger partial charge on any atom is -0.478 e. The molecule has 7 nitrogen and oxygen atoms in total. The van der Waals surface area contributed by atoms with Crippen molar-refractivity contribution in [2.24, 2.45) is 0 Å². The van der Waals surface area contributed by atoms with Gasteiger partial charge in [-0.1, -0.05) is 6.92 Å². The van der Waals surface area contributed by atoms with Crippen molar-refractivity contribution in [2.75, 3.05) is 19.0 Å². The Kier molecular flexibility index (Phi) is 6.99. The van der Waals surface area contributed by atoms with E-state index in [0.717, 1.165) is 6.07 Å². The van der Waals surface area contributed by atoms with Crippen molar-refractivity contribution < 1.29 is 23.1 Å². The molecule has 0 heterocycles. The van der Waals surface area contributed by atoms with Crippen LogP contribution in [-0.2, 0) is 14.8 Å². The highest BCUT2D eigenvalue weighted by molar-refractivity contribution is 7.89. The molecule has 1 aromatic carbocycles. The van der Waals surface area contributed by atoms with Gasteiger partial charge in [0.2, 0.25) is 10.0 Å². The molecular formula is C15H24N2O5S. The second-order valence-electron chi connectivity index (χ2n) is 5.44. The van der Waals surface area contributed by atoms with E-state index in [4.69, 9.17) is 4.74 Å². The van der Waals surface area contributed by atoms with Gasteiger partial charge in [0.25, 0.3) is 0 Å². The molecule has 0 aliphatic heterocycles. The molecule has 0 fully saturated rings. The van der Waals surface area contributed by atoms with Crippen LogP contribution in [0.4, 0.5) is 5.69 Å². The van der Waals surface area contributed by atoms with E-state index in [1.165, 1.54) is 12.1 Å². The van der Waals surface area contributed by atoms with E-state index < -0.39 is 16.0 Å². The fraction of sp³-hybridized carbons (Fsp3) is 0.533. The Morgan fingerprint density at radius 1 is 1.30 bits per heavy atom. The van der Waals surface area contributed by atoms with Gasteiger partial charge in [-0.3, -0.25) is 0 Å². The van der Waals surface area contributed by atoms with Crippen molar-refractivity contribution in [1.82, 2.24) is 4.72 Å². The number of methoxy groups -OCH3 is 1.